The molecular formula is C17H19N5O4. The maximum absolute atomic E-state index is 11.4. The van der Waals surface area contributed by atoms with Gasteiger partial charge in [0.25, 0.3) is 5.69 Å². The number of amides is 1. The van der Waals surface area contributed by atoms with Crippen LogP contribution in [-0.4, -0.2) is 52.1 Å². The Morgan fingerprint density at radius 3 is 2.62 bits per heavy atom. The highest BCUT2D eigenvalue weighted by molar-refractivity contribution is 5.69. The minimum Gasteiger partial charge on any atom is -0.453 e. The number of aryl methyl sites for hydroxylation is 1. The zero-order chi connectivity index (χ0) is 18.7. The van der Waals surface area contributed by atoms with E-state index in [0.717, 1.165) is 12.1 Å². The van der Waals surface area contributed by atoms with E-state index in [0.29, 0.717) is 30.3 Å². The number of nitrogens with one attached hydrogen (secondary N) is 1. The van der Waals surface area contributed by atoms with Gasteiger partial charge in [-0.25, -0.2) is 14.8 Å². The standard InChI is InChI=1S/C17H19N5O4/c1-3-12-8-15(18-13-9-21(10-13)17(23)26-2)20-16(19-12)11-4-6-14(7-5-11)22(24)25/h4-8,13H,3,9-10H2,1-2H3,(H,18,19,20). The number of hydrogen-bond acceptors (Lipinski definition) is 7. The fraction of sp³-hybridized carbons (Fsp3) is 0.353. The van der Waals surface area contributed by atoms with Crippen molar-refractivity contribution in [2.75, 3.05) is 25.5 Å². The molecule has 1 aliphatic rings. The summed E-state index contributed by atoms with van der Waals surface area (Å²) >= 11 is 0. The molecule has 0 atom stereocenters. The summed E-state index contributed by atoms with van der Waals surface area (Å²) in [4.78, 5) is 32.4. The number of anilines is 1. The van der Waals surface area contributed by atoms with Gasteiger partial charge >= 0.3 is 6.09 Å². The SMILES string of the molecule is CCc1cc(NC2CN(C(=O)OC)C2)nc(-c2ccc([N+](=O)[O-])cc2)n1. The minimum atomic E-state index is -0.441. The Morgan fingerprint density at radius 2 is 2.04 bits per heavy atom. The Labute approximate surface area is 150 Å². The predicted molar refractivity (Wildman–Crippen MR) is 94.9 cm³/mol. The number of nitrogens with zero attached hydrogens (tertiary/aromatic N) is 4. The molecule has 9 heteroatoms. The van der Waals surface area contributed by atoms with Crippen LogP contribution in [0.25, 0.3) is 11.4 Å². The number of benzene rings is 1. The first-order valence-electron chi connectivity index (χ1n) is 8.22. The fourth-order valence-electron chi connectivity index (χ4n) is 2.67. The first-order chi connectivity index (χ1) is 12.5. The third kappa shape index (κ3) is 3.71. The molecule has 136 valence electrons. The number of nitro benzene ring substituents is 1. The van der Waals surface area contributed by atoms with Gasteiger partial charge in [-0.15, -0.1) is 0 Å². The topological polar surface area (TPSA) is 110 Å². The Morgan fingerprint density at radius 1 is 1.35 bits per heavy atom. The average Bonchev–Trinajstić information content (AvgIpc) is 2.63. The van der Waals surface area contributed by atoms with Crippen molar-refractivity contribution in [1.82, 2.24) is 14.9 Å². The fourth-order valence-corrected chi connectivity index (χ4v) is 2.67. The molecular weight excluding hydrogens is 338 g/mol. The summed E-state index contributed by atoms with van der Waals surface area (Å²) in [7, 11) is 1.36. The Balaban J connectivity index is 1.77. The first-order valence-corrected chi connectivity index (χ1v) is 8.22. The molecule has 9 nitrogen and oxygen atoms in total. The molecule has 0 bridgehead atoms. The highest BCUT2D eigenvalue weighted by Crippen LogP contribution is 2.23. The lowest BCUT2D eigenvalue weighted by Gasteiger charge is -2.38. The lowest BCUT2D eigenvalue weighted by Crippen LogP contribution is -2.57. The number of likely N-dealkylation sites (tertiary alicyclic amines) is 1. The molecule has 1 aliphatic heterocycles. The number of aromatic nitrogens is 2. The molecule has 1 fully saturated rings. The molecule has 0 saturated carbocycles. The maximum atomic E-state index is 11.4. The second kappa shape index (κ2) is 7.34. The Bertz CT molecular complexity index is 818. The van der Waals surface area contributed by atoms with Crippen molar-refractivity contribution in [3.63, 3.8) is 0 Å². The van der Waals surface area contributed by atoms with Crippen LogP contribution in [0.1, 0.15) is 12.6 Å². The second-order valence-electron chi connectivity index (χ2n) is 5.94. The summed E-state index contributed by atoms with van der Waals surface area (Å²) in [6.45, 7) is 3.09. The molecule has 3 rings (SSSR count). The normalized spacial score (nSPS) is 13.8. The van der Waals surface area contributed by atoms with Crippen LogP contribution in [0, 0.1) is 10.1 Å². The lowest BCUT2D eigenvalue weighted by molar-refractivity contribution is -0.384. The van der Waals surface area contributed by atoms with E-state index < -0.39 is 4.92 Å². The number of rotatable bonds is 5. The van der Waals surface area contributed by atoms with E-state index in [-0.39, 0.29) is 17.8 Å². The number of ether oxygens (including phenoxy) is 1. The van der Waals surface area contributed by atoms with E-state index >= 15 is 0 Å². The minimum absolute atomic E-state index is 0.0242. The van der Waals surface area contributed by atoms with Crippen LogP contribution in [0.5, 0.6) is 0 Å². The van der Waals surface area contributed by atoms with Crippen molar-refractivity contribution in [2.24, 2.45) is 0 Å². The van der Waals surface area contributed by atoms with Crippen LogP contribution in [0.15, 0.2) is 30.3 Å². The molecule has 1 amide bonds. The highest BCUT2D eigenvalue weighted by atomic mass is 16.6. The number of non-ortho nitro benzene ring substituents is 1. The third-order valence-corrected chi connectivity index (χ3v) is 4.14. The van der Waals surface area contributed by atoms with Crippen molar-refractivity contribution < 1.29 is 14.5 Å². The zero-order valence-corrected chi connectivity index (χ0v) is 14.5. The van der Waals surface area contributed by atoms with Gasteiger partial charge in [0.15, 0.2) is 5.82 Å². The van der Waals surface area contributed by atoms with Crippen LogP contribution in [0.3, 0.4) is 0 Å². The predicted octanol–water partition coefficient (Wildman–Crippen LogP) is 2.48. The molecule has 0 radical (unpaired) electrons. The van der Waals surface area contributed by atoms with Crippen LogP contribution < -0.4 is 5.32 Å². The van der Waals surface area contributed by atoms with E-state index in [1.54, 1.807) is 17.0 Å². The van der Waals surface area contributed by atoms with Gasteiger partial charge in [0.1, 0.15) is 5.82 Å². The summed E-state index contributed by atoms with van der Waals surface area (Å²) in [5.41, 5.74) is 1.59. The first kappa shape index (κ1) is 17.6. The average molecular weight is 357 g/mol. The van der Waals surface area contributed by atoms with Gasteiger partial charge in [-0.1, -0.05) is 6.92 Å². The van der Waals surface area contributed by atoms with Crippen molar-refractivity contribution in [3.8, 4) is 11.4 Å². The van der Waals surface area contributed by atoms with Gasteiger partial charge in [-0.05, 0) is 18.6 Å². The van der Waals surface area contributed by atoms with Crippen molar-refractivity contribution >= 4 is 17.6 Å². The number of nitro groups is 1. The van der Waals surface area contributed by atoms with Crippen molar-refractivity contribution in [2.45, 2.75) is 19.4 Å². The number of hydrogen-bond donors (Lipinski definition) is 1. The van der Waals surface area contributed by atoms with Crippen LogP contribution >= 0.6 is 0 Å². The third-order valence-electron chi connectivity index (χ3n) is 4.14. The lowest BCUT2D eigenvalue weighted by atomic mass is 10.1. The number of methoxy groups -OCH3 is 1. The molecule has 0 aliphatic carbocycles. The highest BCUT2D eigenvalue weighted by Gasteiger charge is 2.31. The summed E-state index contributed by atoms with van der Waals surface area (Å²) in [5, 5.41) is 14.1. The largest absolute Gasteiger partial charge is 0.453 e. The molecule has 2 aromatic rings. The van der Waals surface area contributed by atoms with E-state index in [9.17, 15) is 14.9 Å². The second-order valence-corrected chi connectivity index (χ2v) is 5.94. The monoisotopic (exact) mass is 357 g/mol. The van der Waals surface area contributed by atoms with Crippen LogP contribution in [0.2, 0.25) is 0 Å². The zero-order valence-electron chi connectivity index (χ0n) is 14.5. The van der Waals surface area contributed by atoms with E-state index in [2.05, 4.69) is 20.0 Å². The summed E-state index contributed by atoms with van der Waals surface area (Å²) in [6, 6.07) is 8.11. The molecule has 0 spiro atoms. The molecule has 1 saturated heterocycles. The van der Waals surface area contributed by atoms with Crippen molar-refractivity contribution in [3.05, 3.63) is 46.1 Å². The molecule has 0 unspecified atom stereocenters. The van der Waals surface area contributed by atoms with Gasteiger partial charge in [-0.2, -0.15) is 0 Å². The van der Waals surface area contributed by atoms with E-state index in [1.165, 1.54) is 19.2 Å². The van der Waals surface area contributed by atoms with Gasteiger partial charge in [0.05, 0.1) is 18.1 Å². The van der Waals surface area contributed by atoms with E-state index in [1.807, 2.05) is 13.0 Å². The number of carbonyl (C=O) groups excluding carboxylic acids is 1. The molecule has 1 aromatic heterocycles. The smallest absolute Gasteiger partial charge is 0.409 e. The Hall–Kier alpha value is -3.23. The maximum Gasteiger partial charge on any atom is 0.409 e. The van der Waals surface area contributed by atoms with Crippen LogP contribution in [-0.2, 0) is 11.2 Å². The molecule has 2 heterocycles. The quantitative estimate of drug-likeness (QED) is 0.646. The molecule has 1 aromatic carbocycles. The molecule has 26 heavy (non-hydrogen) atoms. The van der Waals surface area contributed by atoms with Gasteiger partial charge < -0.3 is 15.0 Å². The Kier molecular flexibility index (Phi) is 4.97. The van der Waals surface area contributed by atoms with Gasteiger partial charge in [0, 0.05) is 42.5 Å². The van der Waals surface area contributed by atoms with Gasteiger partial charge in [0.2, 0.25) is 0 Å². The summed E-state index contributed by atoms with van der Waals surface area (Å²) in [5.74, 6) is 1.17. The van der Waals surface area contributed by atoms with Crippen molar-refractivity contribution in [1.29, 1.82) is 0 Å². The van der Waals surface area contributed by atoms with E-state index in [4.69, 9.17) is 0 Å². The van der Waals surface area contributed by atoms with Crippen LogP contribution in [0.4, 0.5) is 16.3 Å². The summed E-state index contributed by atoms with van der Waals surface area (Å²) < 4.78 is 4.68. The number of carbonyl (C=O) groups is 1. The van der Waals surface area contributed by atoms with Gasteiger partial charge in [-0.3, -0.25) is 10.1 Å². The summed E-state index contributed by atoms with van der Waals surface area (Å²) in [6.07, 6.45) is 0.391. The molecule has 1 N–H and O–H groups in total.